The Balaban J connectivity index is 2.03. The van der Waals surface area contributed by atoms with Gasteiger partial charge in [0.15, 0.2) is 0 Å². The maximum Gasteiger partial charge on any atom is 0.315 e. The number of anilines is 1. The number of nitrogens with two attached hydrogens (primary N) is 1. The largest absolute Gasteiger partial charge is 0.481 e. The SMILES string of the molecule is Nc1cc(C2(C(=O)O)CC2)nc(C2CC2)n1. The summed E-state index contributed by atoms with van der Waals surface area (Å²) in [6.07, 6.45) is 3.48. The van der Waals surface area contributed by atoms with E-state index in [1.165, 1.54) is 0 Å². The summed E-state index contributed by atoms with van der Waals surface area (Å²) in [7, 11) is 0. The van der Waals surface area contributed by atoms with Crippen molar-refractivity contribution in [3.05, 3.63) is 17.6 Å². The van der Waals surface area contributed by atoms with Gasteiger partial charge in [-0.05, 0) is 25.7 Å². The van der Waals surface area contributed by atoms with Gasteiger partial charge in [-0.1, -0.05) is 0 Å². The summed E-state index contributed by atoms with van der Waals surface area (Å²) in [5.41, 5.74) is 5.52. The quantitative estimate of drug-likeness (QED) is 0.793. The lowest BCUT2D eigenvalue weighted by molar-refractivity contribution is -0.140. The number of nitrogens with zero attached hydrogens (tertiary/aromatic N) is 2. The Kier molecular flexibility index (Phi) is 1.75. The maximum atomic E-state index is 11.2. The van der Waals surface area contributed by atoms with Crippen LogP contribution in [-0.4, -0.2) is 21.0 Å². The molecule has 0 spiro atoms. The molecule has 2 saturated carbocycles. The second kappa shape index (κ2) is 2.93. The fourth-order valence-corrected chi connectivity index (χ4v) is 1.96. The molecule has 2 aliphatic rings. The molecule has 0 aromatic carbocycles. The third-order valence-corrected chi connectivity index (χ3v) is 3.36. The van der Waals surface area contributed by atoms with Crippen molar-refractivity contribution >= 4 is 11.8 Å². The predicted molar refractivity (Wildman–Crippen MR) is 57.0 cm³/mol. The first-order chi connectivity index (χ1) is 7.62. The molecule has 16 heavy (non-hydrogen) atoms. The van der Waals surface area contributed by atoms with Crippen LogP contribution in [0.2, 0.25) is 0 Å². The standard InChI is InChI=1S/C11H13N3O2/c12-8-5-7(11(3-4-11)10(15)16)13-9(14-8)6-1-2-6/h5-6H,1-4H2,(H,15,16)(H2,12,13,14). The molecule has 2 aliphatic carbocycles. The summed E-state index contributed by atoms with van der Waals surface area (Å²) < 4.78 is 0. The highest BCUT2D eigenvalue weighted by molar-refractivity contribution is 5.84. The van der Waals surface area contributed by atoms with E-state index < -0.39 is 11.4 Å². The average Bonchev–Trinajstić information content (AvgIpc) is 3.11. The van der Waals surface area contributed by atoms with Gasteiger partial charge in [0, 0.05) is 12.0 Å². The fraction of sp³-hybridized carbons (Fsp3) is 0.545. The number of rotatable bonds is 3. The molecule has 1 aromatic rings. The molecule has 0 amide bonds. The van der Waals surface area contributed by atoms with E-state index in [9.17, 15) is 9.90 Å². The van der Waals surface area contributed by atoms with E-state index in [0.717, 1.165) is 18.7 Å². The molecule has 0 unspecified atom stereocenters. The van der Waals surface area contributed by atoms with Gasteiger partial charge in [0.25, 0.3) is 0 Å². The minimum atomic E-state index is -0.799. The second-order valence-electron chi connectivity index (χ2n) is 4.70. The molecule has 84 valence electrons. The van der Waals surface area contributed by atoms with Crippen molar-refractivity contribution in [2.45, 2.75) is 37.0 Å². The van der Waals surface area contributed by atoms with Crippen molar-refractivity contribution in [2.24, 2.45) is 0 Å². The molecular formula is C11H13N3O2. The first-order valence-electron chi connectivity index (χ1n) is 5.50. The number of aromatic nitrogens is 2. The number of aliphatic carboxylic acids is 1. The van der Waals surface area contributed by atoms with E-state index >= 15 is 0 Å². The molecule has 1 heterocycles. The Hall–Kier alpha value is -1.65. The topological polar surface area (TPSA) is 89.1 Å². The van der Waals surface area contributed by atoms with Gasteiger partial charge in [-0.25, -0.2) is 9.97 Å². The molecule has 0 saturated heterocycles. The zero-order valence-electron chi connectivity index (χ0n) is 8.81. The Bertz CT molecular complexity index is 464. The highest BCUT2D eigenvalue weighted by Gasteiger charge is 2.53. The maximum absolute atomic E-state index is 11.2. The molecule has 0 aliphatic heterocycles. The molecule has 3 N–H and O–H groups in total. The lowest BCUT2D eigenvalue weighted by Crippen LogP contribution is -2.22. The lowest BCUT2D eigenvalue weighted by Gasteiger charge is -2.11. The summed E-state index contributed by atoms with van der Waals surface area (Å²) in [5, 5.41) is 9.19. The molecule has 3 rings (SSSR count). The number of nitrogen functional groups attached to an aromatic ring is 1. The van der Waals surface area contributed by atoms with Crippen LogP contribution in [0.25, 0.3) is 0 Å². The minimum absolute atomic E-state index is 0.388. The van der Waals surface area contributed by atoms with Crippen LogP contribution in [0.4, 0.5) is 5.82 Å². The molecule has 5 nitrogen and oxygen atoms in total. The first kappa shape index (κ1) is 9.57. The third kappa shape index (κ3) is 1.35. The molecule has 2 fully saturated rings. The van der Waals surface area contributed by atoms with Crippen LogP contribution in [0.5, 0.6) is 0 Å². The third-order valence-electron chi connectivity index (χ3n) is 3.36. The van der Waals surface area contributed by atoms with Crippen molar-refractivity contribution in [2.75, 3.05) is 5.73 Å². The minimum Gasteiger partial charge on any atom is -0.481 e. The van der Waals surface area contributed by atoms with Crippen molar-refractivity contribution in [3.63, 3.8) is 0 Å². The van der Waals surface area contributed by atoms with E-state index in [-0.39, 0.29) is 0 Å². The predicted octanol–water partition coefficient (Wildman–Crippen LogP) is 1.05. The first-order valence-corrected chi connectivity index (χ1v) is 5.50. The van der Waals surface area contributed by atoms with Gasteiger partial charge >= 0.3 is 5.97 Å². The summed E-state index contributed by atoms with van der Waals surface area (Å²) in [4.78, 5) is 19.7. The zero-order chi connectivity index (χ0) is 11.3. The van der Waals surface area contributed by atoms with Gasteiger partial charge < -0.3 is 10.8 Å². The van der Waals surface area contributed by atoms with Crippen LogP contribution < -0.4 is 5.73 Å². The molecule has 5 heteroatoms. The number of hydrogen-bond donors (Lipinski definition) is 2. The van der Waals surface area contributed by atoms with Crippen LogP contribution in [0.15, 0.2) is 6.07 Å². The number of carbonyl (C=O) groups is 1. The normalized spacial score (nSPS) is 21.8. The van der Waals surface area contributed by atoms with Crippen LogP contribution in [0.1, 0.15) is 43.1 Å². The zero-order valence-corrected chi connectivity index (χ0v) is 8.81. The fourth-order valence-electron chi connectivity index (χ4n) is 1.96. The Morgan fingerprint density at radius 3 is 2.62 bits per heavy atom. The number of carboxylic acids is 1. The van der Waals surface area contributed by atoms with Crippen LogP contribution in [0.3, 0.4) is 0 Å². The van der Waals surface area contributed by atoms with Crippen LogP contribution in [0, 0.1) is 0 Å². The Morgan fingerprint density at radius 2 is 2.12 bits per heavy atom. The van der Waals surface area contributed by atoms with Gasteiger partial charge in [0.2, 0.25) is 0 Å². The van der Waals surface area contributed by atoms with Crippen molar-refractivity contribution in [3.8, 4) is 0 Å². The summed E-state index contributed by atoms with van der Waals surface area (Å²) in [5.74, 6) is 0.709. The van der Waals surface area contributed by atoms with Crippen molar-refractivity contribution in [1.82, 2.24) is 9.97 Å². The molecule has 1 aromatic heterocycles. The highest BCUT2D eigenvalue weighted by atomic mass is 16.4. The highest BCUT2D eigenvalue weighted by Crippen LogP contribution is 2.48. The monoisotopic (exact) mass is 219 g/mol. The summed E-state index contributed by atoms with van der Waals surface area (Å²) >= 11 is 0. The van der Waals surface area contributed by atoms with E-state index in [1.807, 2.05) is 0 Å². The molecule has 0 atom stereocenters. The Morgan fingerprint density at radius 1 is 1.44 bits per heavy atom. The van der Waals surface area contributed by atoms with E-state index in [0.29, 0.717) is 30.3 Å². The van der Waals surface area contributed by atoms with E-state index in [4.69, 9.17) is 5.73 Å². The molecular weight excluding hydrogens is 206 g/mol. The smallest absolute Gasteiger partial charge is 0.315 e. The van der Waals surface area contributed by atoms with Gasteiger partial charge in [-0.2, -0.15) is 0 Å². The molecule has 0 radical (unpaired) electrons. The van der Waals surface area contributed by atoms with Gasteiger partial charge in [0.05, 0.1) is 5.69 Å². The molecule has 0 bridgehead atoms. The van der Waals surface area contributed by atoms with Crippen LogP contribution in [-0.2, 0) is 10.2 Å². The Labute approximate surface area is 92.7 Å². The average molecular weight is 219 g/mol. The lowest BCUT2D eigenvalue weighted by atomic mass is 10.0. The summed E-state index contributed by atoms with van der Waals surface area (Å²) in [6.45, 7) is 0. The van der Waals surface area contributed by atoms with E-state index in [2.05, 4.69) is 9.97 Å². The van der Waals surface area contributed by atoms with Crippen LogP contribution >= 0.6 is 0 Å². The van der Waals surface area contributed by atoms with Gasteiger partial charge in [0.1, 0.15) is 17.1 Å². The van der Waals surface area contributed by atoms with Gasteiger partial charge in [-0.15, -0.1) is 0 Å². The van der Waals surface area contributed by atoms with Crippen molar-refractivity contribution < 1.29 is 9.90 Å². The summed E-state index contributed by atoms with van der Waals surface area (Å²) in [6, 6.07) is 1.60. The second-order valence-corrected chi connectivity index (χ2v) is 4.70. The van der Waals surface area contributed by atoms with Gasteiger partial charge in [-0.3, -0.25) is 4.79 Å². The van der Waals surface area contributed by atoms with Crippen molar-refractivity contribution in [1.29, 1.82) is 0 Å². The number of carboxylic acid groups (broad SMARTS) is 1. The number of hydrogen-bond acceptors (Lipinski definition) is 4. The van der Waals surface area contributed by atoms with E-state index in [1.54, 1.807) is 6.07 Å².